The van der Waals surface area contributed by atoms with Crippen molar-refractivity contribution in [3.05, 3.63) is 10.2 Å². The Morgan fingerprint density at radius 2 is 2.50 bits per heavy atom. The van der Waals surface area contributed by atoms with Crippen LogP contribution in [0.2, 0.25) is 0 Å². The van der Waals surface area contributed by atoms with E-state index in [1.54, 1.807) is 10.2 Å². The Kier molecular flexibility index (Phi) is 5.05. The SMILES string of the molecule is CC(=O)OC/C=C/I. The van der Waals surface area contributed by atoms with E-state index in [0.717, 1.165) is 0 Å². The first-order valence-electron chi connectivity index (χ1n) is 2.16. The van der Waals surface area contributed by atoms with Crippen LogP contribution in [0.1, 0.15) is 6.92 Å². The van der Waals surface area contributed by atoms with Crippen molar-refractivity contribution in [1.82, 2.24) is 0 Å². The molecule has 0 heterocycles. The van der Waals surface area contributed by atoms with Crippen LogP contribution in [-0.2, 0) is 9.53 Å². The Balaban J connectivity index is 3.05. The summed E-state index contributed by atoms with van der Waals surface area (Å²) in [5, 5.41) is 0. The molecule has 0 aliphatic heterocycles. The minimum atomic E-state index is -0.237. The molecule has 0 saturated heterocycles. The molecule has 0 aliphatic carbocycles. The van der Waals surface area contributed by atoms with Crippen LogP contribution in [0.5, 0.6) is 0 Å². The summed E-state index contributed by atoms with van der Waals surface area (Å²) < 4.78 is 6.36. The van der Waals surface area contributed by atoms with Crippen molar-refractivity contribution in [3.8, 4) is 0 Å². The maximum absolute atomic E-state index is 10.1. The number of carbonyl (C=O) groups excluding carboxylic acids is 1. The van der Waals surface area contributed by atoms with Crippen molar-refractivity contribution < 1.29 is 9.53 Å². The smallest absolute Gasteiger partial charge is 0.302 e. The lowest BCUT2D eigenvalue weighted by molar-refractivity contribution is -0.139. The Morgan fingerprint density at radius 1 is 1.88 bits per heavy atom. The maximum atomic E-state index is 10.1. The van der Waals surface area contributed by atoms with Gasteiger partial charge in [0, 0.05) is 6.92 Å². The molecule has 0 bridgehead atoms. The van der Waals surface area contributed by atoms with E-state index in [1.165, 1.54) is 6.92 Å². The average Bonchev–Trinajstić information content (AvgIpc) is 1.66. The van der Waals surface area contributed by atoms with Gasteiger partial charge in [0.2, 0.25) is 0 Å². The topological polar surface area (TPSA) is 26.3 Å². The highest BCUT2D eigenvalue weighted by Gasteiger charge is 1.84. The fraction of sp³-hybridized carbons (Fsp3) is 0.400. The zero-order chi connectivity index (χ0) is 6.41. The van der Waals surface area contributed by atoms with Gasteiger partial charge in [-0.25, -0.2) is 0 Å². The zero-order valence-corrected chi connectivity index (χ0v) is 6.71. The molecule has 0 aliphatic rings. The van der Waals surface area contributed by atoms with Crippen molar-refractivity contribution in [2.24, 2.45) is 0 Å². The number of halogens is 1. The van der Waals surface area contributed by atoms with Crippen LogP contribution in [0.15, 0.2) is 10.2 Å². The average molecular weight is 226 g/mol. The molecule has 0 atom stereocenters. The van der Waals surface area contributed by atoms with Gasteiger partial charge < -0.3 is 4.74 Å². The second-order valence-electron chi connectivity index (χ2n) is 1.16. The molecule has 46 valence electrons. The molecule has 8 heavy (non-hydrogen) atoms. The van der Waals surface area contributed by atoms with Gasteiger partial charge >= 0.3 is 5.97 Å². The Morgan fingerprint density at radius 3 is 2.88 bits per heavy atom. The fourth-order valence-electron chi connectivity index (χ4n) is 0.202. The number of ether oxygens (including phenoxy) is 1. The summed E-state index contributed by atoms with van der Waals surface area (Å²) in [5.41, 5.74) is 0. The van der Waals surface area contributed by atoms with Gasteiger partial charge in [0.05, 0.1) is 0 Å². The molecule has 0 unspecified atom stereocenters. The molecule has 3 heteroatoms. The summed E-state index contributed by atoms with van der Waals surface area (Å²) in [6.45, 7) is 1.78. The molecule has 0 saturated carbocycles. The summed E-state index contributed by atoms with van der Waals surface area (Å²) in [6.07, 6.45) is 1.77. The number of hydrogen-bond acceptors (Lipinski definition) is 2. The highest BCUT2D eigenvalue weighted by molar-refractivity contribution is 14.1. The van der Waals surface area contributed by atoms with Gasteiger partial charge in [0.15, 0.2) is 0 Å². The molecule has 0 amide bonds. The second kappa shape index (κ2) is 5.08. The predicted molar refractivity (Wildman–Crippen MR) is 39.8 cm³/mol. The summed E-state index contributed by atoms with van der Waals surface area (Å²) >= 11 is 2.06. The summed E-state index contributed by atoms with van der Waals surface area (Å²) in [7, 11) is 0. The van der Waals surface area contributed by atoms with E-state index in [1.807, 2.05) is 0 Å². The standard InChI is InChI=1S/C5H7IO2/c1-5(7)8-4-2-3-6/h2-3H,4H2,1H3/b3-2+. The number of rotatable bonds is 2. The number of carbonyl (C=O) groups is 1. The fourth-order valence-corrected chi connectivity index (χ4v) is 0.409. The number of hydrogen-bond donors (Lipinski definition) is 0. The quantitative estimate of drug-likeness (QED) is 0.526. The molecular weight excluding hydrogens is 219 g/mol. The molecule has 0 spiro atoms. The van der Waals surface area contributed by atoms with Crippen LogP contribution in [0, 0.1) is 0 Å². The first kappa shape index (κ1) is 7.94. The minimum Gasteiger partial charge on any atom is -0.462 e. The van der Waals surface area contributed by atoms with Crippen LogP contribution in [0.3, 0.4) is 0 Å². The molecule has 2 nitrogen and oxygen atoms in total. The largest absolute Gasteiger partial charge is 0.462 e. The molecule has 0 aromatic carbocycles. The van der Waals surface area contributed by atoms with E-state index in [9.17, 15) is 4.79 Å². The predicted octanol–water partition coefficient (Wildman–Crippen LogP) is 1.50. The van der Waals surface area contributed by atoms with Gasteiger partial charge in [-0.05, 0) is 10.2 Å². The van der Waals surface area contributed by atoms with Crippen LogP contribution in [0.4, 0.5) is 0 Å². The van der Waals surface area contributed by atoms with Crippen molar-refractivity contribution >= 4 is 28.6 Å². The van der Waals surface area contributed by atoms with E-state index in [0.29, 0.717) is 6.61 Å². The Hall–Kier alpha value is -0.0600. The molecule has 0 aromatic heterocycles. The molecule has 0 aromatic rings. The van der Waals surface area contributed by atoms with Crippen molar-refractivity contribution in [3.63, 3.8) is 0 Å². The number of esters is 1. The van der Waals surface area contributed by atoms with E-state index < -0.39 is 0 Å². The van der Waals surface area contributed by atoms with Gasteiger partial charge in [0.25, 0.3) is 0 Å². The van der Waals surface area contributed by atoms with Crippen molar-refractivity contribution in [1.29, 1.82) is 0 Å². The van der Waals surface area contributed by atoms with Crippen LogP contribution in [-0.4, -0.2) is 12.6 Å². The van der Waals surface area contributed by atoms with Gasteiger partial charge in [-0.15, -0.1) is 0 Å². The van der Waals surface area contributed by atoms with Gasteiger partial charge in [-0.1, -0.05) is 22.6 Å². The van der Waals surface area contributed by atoms with E-state index >= 15 is 0 Å². The van der Waals surface area contributed by atoms with Crippen molar-refractivity contribution in [2.45, 2.75) is 6.92 Å². The monoisotopic (exact) mass is 226 g/mol. The second-order valence-corrected chi connectivity index (χ2v) is 1.88. The first-order valence-corrected chi connectivity index (χ1v) is 3.40. The molecule has 0 rings (SSSR count). The third-order valence-corrected chi connectivity index (χ3v) is 0.980. The summed E-state index contributed by atoms with van der Waals surface area (Å²) in [6, 6.07) is 0. The third-order valence-electron chi connectivity index (χ3n) is 0.472. The molecule has 0 fully saturated rings. The van der Waals surface area contributed by atoms with Crippen LogP contribution >= 0.6 is 22.6 Å². The van der Waals surface area contributed by atoms with Crippen LogP contribution in [0.25, 0.3) is 0 Å². The van der Waals surface area contributed by atoms with Gasteiger partial charge in [0.1, 0.15) is 6.61 Å². The zero-order valence-electron chi connectivity index (χ0n) is 4.56. The van der Waals surface area contributed by atoms with E-state index in [4.69, 9.17) is 0 Å². The molecular formula is C5H7IO2. The lowest BCUT2D eigenvalue weighted by Gasteiger charge is -1.91. The Bertz CT molecular complexity index is 98.6. The van der Waals surface area contributed by atoms with E-state index in [2.05, 4.69) is 27.3 Å². The lowest BCUT2D eigenvalue weighted by atomic mass is 10.7. The maximum Gasteiger partial charge on any atom is 0.302 e. The van der Waals surface area contributed by atoms with E-state index in [-0.39, 0.29) is 5.97 Å². The highest BCUT2D eigenvalue weighted by Crippen LogP contribution is 1.84. The summed E-state index contributed by atoms with van der Waals surface area (Å²) in [4.78, 5) is 10.1. The third kappa shape index (κ3) is 5.94. The van der Waals surface area contributed by atoms with Crippen molar-refractivity contribution in [2.75, 3.05) is 6.61 Å². The molecule has 0 N–H and O–H groups in total. The normalized spacial score (nSPS) is 9.75. The molecule has 0 radical (unpaired) electrons. The lowest BCUT2D eigenvalue weighted by Crippen LogP contribution is -1.96. The van der Waals surface area contributed by atoms with Gasteiger partial charge in [-0.3, -0.25) is 4.79 Å². The summed E-state index contributed by atoms with van der Waals surface area (Å²) in [5.74, 6) is -0.237. The first-order chi connectivity index (χ1) is 3.77. The van der Waals surface area contributed by atoms with Crippen LogP contribution < -0.4 is 0 Å². The minimum absolute atomic E-state index is 0.237. The Labute approximate surface area is 62.0 Å². The highest BCUT2D eigenvalue weighted by atomic mass is 127. The van der Waals surface area contributed by atoms with Gasteiger partial charge in [-0.2, -0.15) is 0 Å².